The first-order valence-electron chi connectivity index (χ1n) is 5.92. The normalized spacial score (nSPS) is 12.9. The number of hydrogen-bond donors (Lipinski definition) is 1. The van der Waals surface area contributed by atoms with E-state index < -0.39 is 17.6 Å². The minimum Gasteiger partial charge on any atom is -0.480 e. The summed E-state index contributed by atoms with van der Waals surface area (Å²) in [4.78, 5) is 24.1. The van der Waals surface area contributed by atoms with Crippen LogP contribution in [0.5, 0.6) is 0 Å². The van der Waals surface area contributed by atoms with Gasteiger partial charge in [0, 0.05) is 13.5 Å². The minimum atomic E-state index is -1.06. The highest BCUT2D eigenvalue weighted by atomic mass is 16.5. The monoisotopic (exact) mass is 257 g/mol. The molecule has 0 radical (unpaired) electrons. The first kappa shape index (κ1) is 16.6. The van der Waals surface area contributed by atoms with Gasteiger partial charge in [-0.15, -0.1) is 6.58 Å². The van der Waals surface area contributed by atoms with Crippen molar-refractivity contribution >= 4 is 11.9 Å². The molecule has 5 nitrogen and oxygen atoms in total. The van der Waals surface area contributed by atoms with Crippen molar-refractivity contribution in [3.63, 3.8) is 0 Å². The van der Waals surface area contributed by atoms with E-state index in [0.29, 0.717) is 6.42 Å². The summed E-state index contributed by atoms with van der Waals surface area (Å²) in [5.41, 5.74) is -0.432. The number of amides is 1. The molecule has 0 saturated carbocycles. The fourth-order valence-electron chi connectivity index (χ4n) is 1.25. The van der Waals surface area contributed by atoms with E-state index in [1.807, 2.05) is 20.8 Å². The average molecular weight is 257 g/mol. The maximum absolute atomic E-state index is 11.7. The lowest BCUT2D eigenvalue weighted by Crippen LogP contribution is -2.46. The molecule has 18 heavy (non-hydrogen) atoms. The summed E-state index contributed by atoms with van der Waals surface area (Å²) in [6, 6.07) is -0.957. The number of nitrogens with zero attached hydrogens (tertiary/aromatic N) is 1. The van der Waals surface area contributed by atoms with Crippen molar-refractivity contribution in [3.05, 3.63) is 12.7 Å². The zero-order valence-corrected chi connectivity index (χ0v) is 11.6. The summed E-state index contributed by atoms with van der Waals surface area (Å²) in [7, 11) is 1.48. The molecule has 1 amide bonds. The Kier molecular flexibility index (Phi) is 6.62. The highest BCUT2D eigenvalue weighted by molar-refractivity contribution is 5.83. The van der Waals surface area contributed by atoms with Gasteiger partial charge in [-0.3, -0.25) is 4.79 Å². The van der Waals surface area contributed by atoms with Crippen LogP contribution in [0, 0.1) is 0 Å². The second kappa shape index (κ2) is 7.16. The number of carboxylic acids is 1. The number of carbonyl (C=O) groups is 2. The van der Waals surface area contributed by atoms with Crippen molar-refractivity contribution in [1.29, 1.82) is 0 Å². The molecular formula is C13H23NO4. The van der Waals surface area contributed by atoms with Crippen molar-refractivity contribution in [1.82, 2.24) is 4.90 Å². The van der Waals surface area contributed by atoms with Gasteiger partial charge in [-0.05, 0) is 27.2 Å². The minimum absolute atomic E-state index is 0.0187. The van der Waals surface area contributed by atoms with Crippen LogP contribution in [0.1, 0.15) is 33.6 Å². The second-order valence-electron chi connectivity index (χ2n) is 5.11. The lowest BCUT2D eigenvalue weighted by Gasteiger charge is -2.28. The Bertz CT molecular complexity index is 307. The van der Waals surface area contributed by atoms with Gasteiger partial charge in [0.05, 0.1) is 12.2 Å². The van der Waals surface area contributed by atoms with E-state index in [4.69, 9.17) is 9.84 Å². The standard InChI is InChI=1S/C13H23NO4/c1-6-7-8-11(15)14(5)10(12(16)17)9-18-13(2,3)4/h6,10H,1,7-9H2,2-5H3,(H,16,17). The molecule has 0 aliphatic rings. The molecule has 0 aromatic carbocycles. The van der Waals surface area contributed by atoms with Gasteiger partial charge >= 0.3 is 5.97 Å². The molecule has 1 unspecified atom stereocenters. The number of rotatable bonds is 7. The van der Waals surface area contributed by atoms with Crippen LogP contribution in [-0.4, -0.2) is 47.2 Å². The molecule has 0 heterocycles. The van der Waals surface area contributed by atoms with Crippen LogP contribution < -0.4 is 0 Å². The molecular weight excluding hydrogens is 234 g/mol. The van der Waals surface area contributed by atoms with Crippen molar-refractivity contribution in [3.8, 4) is 0 Å². The zero-order valence-electron chi connectivity index (χ0n) is 11.6. The topological polar surface area (TPSA) is 66.8 Å². The molecule has 0 saturated heterocycles. The Morgan fingerprint density at radius 2 is 2.00 bits per heavy atom. The van der Waals surface area contributed by atoms with Crippen molar-refractivity contribution < 1.29 is 19.4 Å². The van der Waals surface area contributed by atoms with Crippen LogP contribution in [-0.2, 0) is 14.3 Å². The van der Waals surface area contributed by atoms with E-state index in [9.17, 15) is 9.59 Å². The molecule has 1 N–H and O–H groups in total. The third-order valence-electron chi connectivity index (χ3n) is 2.38. The van der Waals surface area contributed by atoms with E-state index in [1.54, 1.807) is 6.08 Å². The summed E-state index contributed by atoms with van der Waals surface area (Å²) in [6.07, 6.45) is 2.43. The van der Waals surface area contributed by atoms with E-state index in [2.05, 4.69) is 6.58 Å². The molecule has 0 aliphatic heterocycles. The SMILES string of the molecule is C=CCCC(=O)N(C)C(COC(C)(C)C)C(=O)O. The van der Waals surface area contributed by atoms with Gasteiger partial charge in [-0.25, -0.2) is 4.79 Å². The largest absolute Gasteiger partial charge is 0.480 e. The number of allylic oxidation sites excluding steroid dienone is 1. The predicted octanol–water partition coefficient (Wildman–Crippen LogP) is 1.68. The fourth-order valence-corrected chi connectivity index (χ4v) is 1.25. The highest BCUT2D eigenvalue weighted by Gasteiger charge is 2.28. The Balaban J connectivity index is 4.54. The molecule has 0 spiro atoms. The van der Waals surface area contributed by atoms with Crippen LogP contribution in [0.25, 0.3) is 0 Å². The maximum atomic E-state index is 11.7. The molecule has 104 valence electrons. The maximum Gasteiger partial charge on any atom is 0.328 e. The van der Waals surface area contributed by atoms with Gasteiger partial charge in [0.15, 0.2) is 6.04 Å². The number of hydrogen-bond acceptors (Lipinski definition) is 3. The van der Waals surface area contributed by atoms with Crippen molar-refractivity contribution in [2.24, 2.45) is 0 Å². The summed E-state index contributed by atoms with van der Waals surface area (Å²) >= 11 is 0. The average Bonchev–Trinajstić information content (AvgIpc) is 2.23. The molecule has 0 aromatic heterocycles. The molecule has 0 bridgehead atoms. The van der Waals surface area contributed by atoms with Gasteiger partial charge in [0.1, 0.15) is 0 Å². The number of carboxylic acid groups (broad SMARTS) is 1. The van der Waals surface area contributed by atoms with Gasteiger partial charge in [0.2, 0.25) is 5.91 Å². The first-order chi connectivity index (χ1) is 8.19. The molecule has 0 rings (SSSR count). The van der Waals surface area contributed by atoms with Crippen molar-refractivity contribution in [2.75, 3.05) is 13.7 Å². The predicted molar refractivity (Wildman–Crippen MR) is 69.3 cm³/mol. The quantitative estimate of drug-likeness (QED) is 0.705. The van der Waals surface area contributed by atoms with E-state index in [1.165, 1.54) is 11.9 Å². The molecule has 1 atom stereocenters. The Morgan fingerprint density at radius 3 is 2.39 bits per heavy atom. The molecule has 5 heteroatoms. The molecule has 0 aromatic rings. The lowest BCUT2D eigenvalue weighted by molar-refractivity contribution is -0.154. The Labute approximate surface area is 108 Å². The van der Waals surface area contributed by atoms with E-state index in [0.717, 1.165) is 0 Å². The van der Waals surface area contributed by atoms with E-state index in [-0.39, 0.29) is 18.9 Å². The van der Waals surface area contributed by atoms with Crippen LogP contribution >= 0.6 is 0 Å². The second-order valence-corrected chi connectivity index (χ2v) is 5.11. The summed E-state index contributed by atoms with van der Waals surface area (Å²) in [5, 5.41) is 9.12. The fraction of sp³-hybridized carbons (Fsp3) is 0.692. The van der Waals surface area contributed by atoms with Gasteiger partial charge < -0.3 is 14.7 Å². The van der Waals surface area contributed by atoms with Gasteiger partial charge in [-0.2, -0.15) is 0 Å². The van der Waals surface area contributed by atoms with Crippen LogP contribution in [0.3, 0.4) is 0 Å². The third-order valence-corrected chi connectivity index (χ3v) is 2.38. The Morgan fingerprint density at radius 1 is 1.44 bits per heavy atom. The van der Waals surface area contributed by atoms with Gasteiger partial charge in [0.25, 0.3) is 0 Å². The number of aliphatic carboxylic acids is 1. The first-order valence-corrected chi connectivity index (χ1v) is 5.92. The van der Waals surface area contributed by atoms with E-state index >= 15 is 0 Å². The summed E-state index contributed by atoms with van der Waals surface area (Å²) in [6.45, 7) is 9.03. The molecule has 0 aliphatic carbocycles. The summed E-state index contributed by atoms with van der Waals surface area (Å²) in [5.74, 6) is -1.28. The summed E-state index contributed by atoms with van der Waals surface area (Å²) < 4.78 is 5.43. The third kappa shape index (κ3) is 6.39. The number of ether oxygens (including phenoxy) is 1. The molecule has 0 fully saturated rings. The lowest BCUT2D eigenvalue weighted by atomic mass is 10.2. The van der Waals surface area contributed by atoms with Crippen molar-refractivity contribution in [2.45, 2.75) is 45.3 Å². The smallest absolute Gasteiger partial charge is 0.328 e. The van der Waals surface area contributed by atoms with Gasteiger partial charge in [-0.1, -0.05) is 6.08 Å². The van der Waals surface area contributed by atoms with Crippen LogP contribution in [0.15, 0.2) is 12.7 Å². The van der Waals surface area contributed by atoms with Crippen LogP contribution in [0.4, 0.5) is 0 Å². The number of carbonyl (C=O) groups excluding carboxylic acids is 1. The van der Waals surface area contributed by atoms with Crippen LogP contribution in [0.2, 0.25) is 0 Å². The number of likely N-dealkylation sites (N-methyl/N-ethyl adjacent to an activating group) is 1. The zero-order chi connectivity index (χ0) is 14.3. The highest BCUT2D eigenvalue weighted by Crippen LogP contribution is 2.10. The Hall–Kier alpha value is -1.36.